The lowest BCUT2D eigenvalue weighted by Crippen LogP contribution is -2.30. The van der Waals surface area contributed by atoms with Crippen LogP contribution < -0.4 is 5.01 Å². The molecule has 0 amide bonds. The Morgan fingerprint density at radius 3 is 2.33 bits per heavy atom. The summed E-state index contributed by atoms with van der Waals surface area (Å²) in [4.78, 5) is 11.9. The Balaban J connectivity index is 2.14. The molecule has 0 spiro atoms. The number of aryl methyl sites for hydroxylation is 2. The first-order valence-corrected chi connectivity index (χ1v) is 8.10. The monoisotopic (exact) mass is 322 g/mol. The fourth-order valence-corrected chi connectivity index (χ4v) is 3.26. The Morgan fingerprint density at radius 1 is 1.04 bits per heavy atom. The fourth-order valence-electron chi connectivity index (χ4n) is 3.26. The van der Waals surface area contributed by atoms with E-state index < -0.39 is 11.9 Å². The van der Waals surface area contributed by atoms with Crippen LogP contribution in [0.15, 0.2) is 47.6 Å². The van der Waals surface area contributed by atoms with Crippen molar-refractivity contribution in [3.05, 3.63) is 64.7 Å². The normalized spacial score (nSPS) is 20.2. The first-order chi connectivity index (χ1) is 11.4. The summed E-state index contributed by atoms with van der Waals surface area (Å²) in [6.45, 7) is 7.93. The lowest BCUT2D eigenvalue weighted by molar-refractivity contribution is -0.139. The highest BCUT2D eigenvalue weighted by Crippen LogP contribution is 2.41. The third-order valence-electron chi connectivity index (χ3n) is 4.80. The summed E-state index contributed by atoms with van der Waals surface area (Å²) in [5, 5.41) is 16.2. The van der Waals surface area contributed by atoms with Gasteiger partial charge in [-0.05, 0) is 50.5 Å². The van der Waals surface area contributed by atoms with Crippen molar-refractivity contribution in [3.63, 3.8) is 0 Å². The van der Waals surface area contributed by atoms with E-state index in [0.717, 1.165) is 22.4 Å². The smallest absolute Gasteiger partial charge is 0.314 e. The Labute approximate surface area is 142 Å². The molecule has 0 aliphatic carbocycles. The molecule has 2 unspecified atom stereocenters. The van der Waals surface area contributed by atoms with E-state index in [9.17, 15) is 9.90 Å². The summed E-state index contributed by atoms with van der Waals surface area (Å²) in [5.41, 5.74) is 6.01. The molecular formula is C20H22N2O2. The highest BCUT2D eigenvalue weighted by Gasteiger charge is 2.42. The van der Waals surface area contributed by atoms with Crippen molar-refractivity contribution in [3.8, 4) is 0 Å². The molecule has 2 atom stereocenters. The number of hydrogen-bond acceptors (Lipinski definition) is 3. The van der Waals surface area contributed by atoms with Crippen molar-refractivity contribution in [2.75, 3.05) is 5.01 Å². The number of benzene rings is 2. The van der Waals surface area contributed by atoms with Crippen molar-refractivity contribution in [2.45, 2.75) is 33.7 Å². The standard InChI is InChI=1S/C20H22N2O2/c1-12-8-10-16(11-9-12)19-18(20(23)24)15(4)21-22(19)17-7-5-6-13(2)14(17)3/h5-11,18-19H,1-4H3,(H,23,24). The molecule has 3 rings (SSSR count). The molecule has 0 radical (unpaired) electrons. The summed E-state index contributed by atoms with van der Waals surface area (Å²) < 4.78 is 0. The van der Waals surface area contributed by atoms with E-state index in [1.807, 2.05) is 48.3 Å². The number of carboxylic acid groups (broad SMARTS) is 1. The van der Waals surface area contributed by atoms with Gasteiger partial charge in [0.25, 0.3) is 0 Å². The molecule has 1 heterocycles. The molecular weight excluding hydrogens is 300 g/mol. The molecule has 4 heteroatoms. The second kappa shape index (κ2) is 6.11. The van der Waals surface area contributed by atoms with Gasteiger partial charge in [0.1, 0.15) is 5.92 Å². The minimum atomic E-state index is -0.838. The maximum atomic E-state index is 11.9. The molecule has 0 saturated carbocycles. The van der Waals surface area contributed by atoms with Crippen LogP contribution in [0.5, 0.6) is 0 Å². The van der Waals surface area contributed by atoms with Gasteiger partial charge in [0, 0.05) is 0 Å². The van der Waals surface area contributed by atoms with E-state index in [1.165, 1.54) is 5.56 Å². The molecule has 4 nitrogen and oxygen atoms in total. The highest BCUT2D eigenvalue weighted by atomic mass is 16.4. The summed E-state index contributed by atoms with van der Waals surface area (Å²) in [5.74, 6) is -1.48. The van der Waals surface area contributed by atoms with Crippen LogP contribution in [0, 0.1) is 26.7 Å². The number of aliphatic carboxylic acids is 1. The summed E-state index contributed by atoms with van der Waals surface area (Å²) in [6, 6.07) is 13.8. The van der Waals surface area contributed by atoms with Gasteiger partial charge in [-0.2, -0.15) is 5.10 Å². The van der Waals surface area contributed by atoms with Crippen LogP contribution in [0.4, 0.5) is 5.69 Å². The van der Waals surface area contributed by atoms with Gasteiger partial charge in [-0.3, -0.25) is 9.80 Å². The lowest BCUT2D eigenvalue weighted by Gasteiger charge is -2.28. The van der Waals surface area contributed by atoms with Gasteiger partial charge in [0.15, 0.2) is 0 Å². The van der Waals surface area contributed by atoms with Crippen molar-refractivity contribution in [2.24, 2.45) is 11.0 Å². The number of hydrogen-bond donors (Lipinski definition) is 1. The molecule has 0 fully saturated rings. The predicted octanol–water partition coefficient (Wildman–Crippen LogP) is 4.25. The minimum absolute atomic E-state index is 0.330. The number of hydrazone groups is 1. The molecule has 1 aliphatic rings. The SMILES string of the molecule is CC1=NN(c2cccc(C)c2C)C(c2ccc(C)cc2)C1C(=O)O. The Bertz CT molecular complexity index is 809. The van der Waals surface area contributed by atoms with Gasteiger partial charge in [0.05, 0.1) is 17.4 Å². The highest BCUT2D eigenvalue weighted by molar-refractivity contribution is 6.03. The van der Waals surface area contributed by atoms with Crippen LogP contribution in [0.2, 0.25) is 0 Å². The van der Waals surface area contributed by atoms with E-state index in [1.54, 1.807) is 6.92 Å². The van der Waals surface area contributed by atoms with Crippen LogP contribution in [0.3, 0.4) is 0 Å². The van der Waals surface area contributed by atoms with Crippen LogP contribution in [-0.4, -0.2) is 16.8 Å². The fraction of sp³-hybridized carbons (Fsp3) is 0.300. The van der Waals surface area contributed by atoms with Crippen LogP contribution in [-0.2, 0) is 4.79 Å². The van der Waals surface area contributed by atoms with Crippen molar-refractivity contribution >= 4 is 17.4 Å². The van der Waals surface area contributed by atoms with Gasteiger partial charge in [-0.1, -0.05) is 42.0 Å². The molecule has 2 aromatic carbocycles. The number of anilines is 1. The number of carbonyl (C=O) groups is 1. The maximum Gasteiger partial charge on any atom is 0.314 e. The van der Waals surface area contributed by atoms with E-state index in [2.05, 4.69) is 25.0 Å². The van der Waals surface area contributed by atoms with E-state index >= 15 is 0 Å². The molecule has 2 aromatic rings. The average Bonchev–Trinajstić information content (AvgIpc) is 2.88. The molecule has 124 valence electrons. The van der Waals surface area contributed by atoms with E-state index in [0.29, 0.717) is 5.71 Å². The summed E-state index contributed by atoms with van der Waals surface area (Å²) in [7, 11) is 0. The third-order valence-corrected chi connectivity index (χ3v) is 4.80. The zero-order valence-electron chi connectivity index (χ0n) is 14.4. The topological polar surface area (TPSA) is 52.9 Å². The molecule has 24 heavy (non-hydrogen) atoms. The zero-order valence-corrected chi connectivity index (χ0v) is 14.4. The molecule has 1 N–H and O–H groups in total. The largest absolute Gasteiger partial charge is 0.481 e. The second-order valence-corrected chi connectivity index (χ2v) is 6.48. The summed E-state index contributed by atoms with van der Waals surface area (Å²) >= 11 is 0. The van der Waals surface area contributed by atoms with Crippen LogP contribution >= 0.6 is 0 Å². The van der Waals surface area contributed by atoms with Crippen molar-refractivity contribution < 1.29 is 9.90 Å². The quantitative estimate of drug-likeness (QED) is 0.919. The van der Waals surface area contributed by atoms with Gasteiger partial charge in [-0.15, -0.1) is 0 Å². The third kappa shape index (κ3) is 2.68. The van der Waals surface area contributed by atoms with E-state index in [-0.39, 0.29) is 6.04 Å². The van der Waals surface area contributed by atoms with Gasteiger partial charge < -0.3 is 5.11 Å². The molecule has 1 aliphatic heterocycles. The average molecular weight is 322 g/mol. The van der Waals surface area contributed by atoms with E-state index in [4.69, 9.17) is 0 Å². The summed E-state index contributed by atoms with van der Waals surface area (Å²) in [6.07, 6.45) is 0. The van der Waals surface area contributed by atoms with Gasteiger partial charge in [0.2, 0.25) is 0 Å². The lowest BCUT2D eigenvalue weighted by atomic mass is 9.89. The molecule has 0 aromatic heterocycles. The second-order valence-electron chi connectivity index (χ2n) is 6.48. The maximum absolute atomic E-state index is 11.9. The predicted molar refractivity (Wildman–Crippen MR) is 96.5 cm³/mol. The Morgan fingerprint density at radius 2 is 1.71 bits per heavy atom. The van der Waals surface area contributed by atoms with Gasteiger partial charge in [-0.25, -0.2) is 0 Å². The first kappa shape index (κ1) is 16.2. The zero-order chi connectivity index (χ0) is 17.4. The number of carboxylic acids is 1. The van der Waals surface area contributed by atoms with Crippen molar-refractivity contribution in [1.82, 2.24) is 0 Å². The Kier molecular flexibility index (Phi) is 4.14. The number of nitrogens with zero attached hydrogens (tertiary/aromatic N) is 2. The number of rotatable bonds is 3. The minimum Gasteiger partial charge on any atom is -0.481 e. The first-order valence-electron chi connectivity index (χ1n) is 8.10. The molecule has 0 saturated heterocycles. The van der Waals surface area contributed by atoms with Crippen LogP contribution in [0.25, 0.3) is 0 Å². The molecule has 0 bridgehead atoms. The van der Waals surface area contributed by atoms with Gasteiger partial charge >= 0.3 is 5.97 Å². The van der Waals surface area contributed by atoms with Crippen molar-refractivity contribution in [1.29, 1.82) is 0 Å². The Hall–Kier alpha value is -2.62. The van der Waals surface area contributed by atoms with Crippen LogP contribution in [0.1, 0.15) is 35.2 Å².